The molecule has 0 amide bonds. The first-order valence-corrected chi connectivity index (χ1v) is 13.9. The molecule has 4 aromatic rings. The van der Waals surface area contributed by atoms with Crippen LogP contribution in [0.1, 0.15) is 37.3 Å². The molecule has 0 unspecified atom stereocenters. The topological polar surface area (TPSA) is 113 Å². The Balaban J connectivity index is 1.16. The van der Waals surface area contributed by atoms with Gasteiger partial charge in [0, 0.05) is 43.5 Å². The molecule has 1 aliphatic carbocycles. The number of amidine groups is 1. The SMILES string of the molecule is CN1CCN(C2CCC(n3nc(-c4ccc5nc(Nc6ccccc6)oc5c4)c4c3NCN=C4N)CC2)CC1. The van der Waals surface area contributed by atoms with Gasteiger partial charge in [-0.15, -0.1) is 0 Å². The summed E-state index contributed by atoms with van der Waals surface area (Å²) in [5, 5.41) is 11.9. The van der Waals surface area contributed by atoms with Crippen molar-refractivity contribution in [2.24, 2.45) is 10.7 Å². The maximum Gasteiger partial charge on any atom is 0.300 e. The summed E-state index contributed by atoms with van der Waals surface area (Å²) in [4.78, 5) is 14.2. The number of fused-ring (bicyclic) bond motifs is 2. The normalized spacial score (nSPS) is 22.3. The minimum absolute atomic E-state index is 0.338. The number of para-hydroxylation sites is 1. The Morgan fingerprint density at radius 1 is 0.974 bits per heavy atom. The van der Waals surface area contributed by atoms with Gasteiger partial charge >= 0.3 is 0 Å². The molecule has 7 rings (SSSR count). The van der Waals surface area contributed by atoms with E-state index in [4.69, 9.17) is 15.2 Å². The van der Waals surface area contributed by atoms with Crippen molar-refractivity contribution in [2.75, 3.05) is 50.5 Å². The zero-order valence-corrected chi connectivity index (χ0v) is 22.3. The van der Waals surface area contributed by atoms with Crippen LogP contribution in [0.15, 0.2) is 57.9 Å². The summed E-state index contributed by atoms with van der Waals surface area (Å²) in [7, 11) is 2.22. The van der Waals surface area contributed by atoms with E-state index in [0.29, 0.717) is 36.2 Å². The number of nitrogens with zero attached hydrogens (tertiary/aromatic N) is 6. The number of aliphatic imine (C=N–C) groups is 1. The number of hydrogen-bond donors (Lipinski definition) is 3. The van der Waals surface area contributed by atoms with Crippen LogP contribution in [0.3, 0.4) is 0 Å². The van der Waals surface area contributed by atoms with Gasteiger partial charge in [-0.25, -0.2) is 9.67 Å². The third-order valence-electron chi connectivity index (χ3n) is 8.42. The lowest BCUT2D eigenvalue weighted by Gasteiger charge is -2.41. The Kier molecular flexibility index (Phi) is 6.21. The quantitative estimate of drug-likeness (QED) is 0.354. The fourth-order valence-corrected chi connectivity index (χ4v) is 6.22. The fourth-order valence-electron chi connectivity index (χ4n) is 6.22. The molecule has 2 aromatic heterocycles. The fraction of sp³-hybridized carbons (Fsp3) is 0.414. The summed E-state index contributed by atoms with van der Waals surface area (Å²) < 4.78 is 8.24. The maximum atomic E-state index is 6.46. The Morgan fingerprint density at radius 3 is 2.54 bits per heavy atom. The van der Waals surface area contributed by atoms with Crippen molar-refractivity contribution >= 4 is 34.5 Å². The molecule has 0 spiro atoms. The van der Waals surface area contributed by atoms with Crippen molar-refractivity contribution < 1.29 is 4.42 Å². The molecule has 10 heteroatoms. The van der Waals surface area contributed by atoms with Crippen molar-refractivity contribution in [3.05, 3.63) is 54.1 Å². The Hall–Kier alpha value is -3.89. The smallest absolute Gasteiger partial charge is 0.300 e. The van der Waals surface area contributed by atoms with Gasteiger partial charge in [0.1, 0.15) is 29.5 Å². The second kappa shape index (κ2) is 10.0. The molecule has 39 heavy (non-hydrogen) atoms. The molecule has 1 saturated carbocycles. The molecule has 2 aromatic carbocycles. The highest BCUT2D eigenvalue weighted by Gasteiger charge is 2.32. The molecule has 0 atom stereocenters. The van der Waals surface area contributed by atoms with Crippen LogP contribution in [0.25, 0.3) is 22.4 Å². The summed E-state index contributed by atoms with van der Waals surface area (Å²) >= 11 is 0. The van der Waals surface area contributed by atoms with E-state index in [1.165, 1.54) is 25.9 Å². The van der Waals surface area contributed by atoms with Crippen LogP contribution < -0.4 is 16.4 Å². The summed E-state index contributed by atoms with van der Waals surface area (Å²) in [6.07, 6.45) is 4.62. The van der Waals surface area contributed by atoms with Crippen molar-refractivity contribution in [1.82, 2.24) is 24.6 Å². The van der Waals surface area contributed by atoms with E-state index in [-0.39, 0.29) is 0 Å². The van der Waals surface area contributed by atoms with Gasteiger partial charge in [0.15, 0.2) is 5.58 Å². The molecule has 0 bridgehead atoms. The van der Waals surface area contributed by atoms with E-state index >= 15 is 0 Å². The minimum Gasteiger partial charge on any atom is -0.423 e. The van der Waals surface area contributed by atoms with Crippen LogP contribution in [0.4, 0.5) is 17.5 Å². The lowest BCUT2D eigenvalue weighted by molar-refractivity contribution is 0.0813. The number of nitrogens with one attached hydrogen (secondary N) is 2. The number of aromatic nitrogens is 3. The van der Waals surface area contributed by atoms with Crippen LogP contribution in [0, 0.1) is 0 Å². The molecule has 202 valence electrons. The van der Waals surface area contributed by atoms with Crippen LogP contribution in [0.5, 0.6) is 0 Å². The number of likely N-dealkylation sites (N-methyl/N-ethyl adjacent to an activating group) is 1. The molecule has 4 heterocycles. The van der Waals surface area contributed by atoms with Crippen LogP contribution in [0.2, 0.25) is 0 Å². The number of anilines is 3. The standard InChI is InChI=1S/C29H35N9O/c1-36-13-15-37(16-14-36)21-8-10-22(11-9-21)38-28-25(27(30)31-18-32-28)26(35-38)19-7-12-23-24(17-19)39-29(34-23)33-20-5-3-2-4-6-20/h2-7,12,17,21-22,32H,8-11,13-16,18H2,1H3,(H2,30,31)(H,33,34). The van der Waals surface area contributed by atoms with E-state index in [0.717, 1.165) is 59.8 Å². The van der Waals surface area contributed by atoms with Crippen molar-refractivity contribution in [3.8, 4) is 11.3 Å². The number of hydrogen-bond acceptors (Lipinski definition) is 9. The molecule has 10 nitrogen and oxygen atoms in total. The van der Waals surface area contributed by atoms with Crippen LogP contribution in [-0.2, 0) is 0 Å². The van der Waals surface area contributed by atoms with Gasteiger partial charge in [0.2, 0.25) is 0 Å². The van der Waals surface area contributed by atoms with E-state index < -0.39 is 0 Å². The summed E-state index contributed by atoms with van der Waals surface area (Å²) in [6.45, 7) is 5.15. The average molecular weight is 526 g/mol. The first kappa shape index (κ1) is 24.2. The average Bonchev–Trinajstić information content (AvgIpc) is 3.56. The minimum atomic E-state index is 0.338. The molecular formula is C29H35N9O. The second-order valence-corrected chi connectivity index (χ2v) is 10.9. The first-order valence-electron chi connectivity index (χ1n) is 13.9. The van der Waals surface area contributed by atoms with Gasteiger partial charge in [-0.3, -0.25) is 4.90 Å². The monoisotopic (exact) mass is 525 g/mol. The third-order valence-corrected chi connectivity index (χ3v) is 8.42. The number of nitrogens with two attached hydrogens (primary N) is 1. The predicted octanol–water partition coefficient (Wildman–Crippen LogP) is 4.25. The predicted molar refractivity (Wildman–Crippen MR) is 155 cm³/mol. The van der Waals surface area contributed by atoms with Gasteiger partial charge in [-0.05, 0) is 57.0 Å². The maximum absolute atomic E-state index is 6.46. The Labute approximate surface area is 227 Å². The highest BCUT2D eigenvalue weighted by Crippen LogP contribution is 2.39. The number of rotatable bonds is 5. The highest BCUT2D eigenvalue weighted by atomic mass is 16.4. The van der Waals surface area contributed by atoms with E-state index in [9.17, 15) is 0 Å². The second-order valence-electron chi connectivity index (χ2n) is 10.9. The number of benzene rings is 2. The lowest BCUT2D eigenvalue weighted by Crippen LogP contribution is -2.50. The largest absolute Gasteiger partial charge is 0.423 e. The molecule has 2 aliphatic heterocycles. The summed E-state index contributed by atoms with van der Waals surface area (Å²) in [5.74, 6) is 1.50. The molecular weight excluding hydrogens is 490 g/mol. The van der Waals surface area contributed by atoms with Gasteiger partial charge in [-0.1, -0.05) is 24.3 Å². The molecule has 2 fully saturated rings. The van der Waals surface area contributed by atoms with Crippen molar-refractivity contribution in [1.29, 1.82) is 0 Å². The van der Waals surface area contributed by atoms with Crippen molar-refractivity contribution in [2.45, 2.75) is 37.8 Å². The van der Waals surface area contributed by atoms with E-state index in [2.05, 4.69) is 42.1 Å². The Morgan fingerprint density at radius 2 is 1.74 bits per heavy atom. The molecule has 4 N–H and O–H groups in total. The van der Waals surface area contributed by atoms with Crippen LogP contribution >= 0.6 is 0 Å². The van der Waals surface area contributed by atoms with Gasteiger partial charge in [0.05, 0.1) is 11.6 Å². The molecule has 3 aliphatic rings. The van der Waals surface area contributed by atoms with Crippen LogP contribution in [-0.4, -0.2) is 76.3 Å². The molecule has 0 radical (unpaired) electrons. The van der Waals surface area contributed by atoms with E-state index in [1.807, 2.05) is 48.5 Å². The van der Waals surface area contributed by atoms with Gasteiger partial charge in [0.25, 0.3) is 6.01 Å². The summed E-state index contributed by atoms with van der Waals surface area (Å²) in [6, 6.07) is 17.4. The third kappa shape index (κ3) is 4.63. The van der Waals surface area contributed by atoms with Gasteiger partial charge < -0.3 is 25.7 Å². The highest BCUT2D eigenvalue weighted by molar-refractivity contribution is 6.08. The Bertz CT molecular complexity index is 1490. The van der Waals surface area contributed by atoms with Gasteiger partial charge in [-0.2, -0.15) is 10.1 Å². The number of piperazine rings is 1. The first-order chi connectivity index (χ1) is 19.1. The zero-order valence-electron chi connectivity index (χ0n) is 22.3. The lowest BCUT2D eigenvalue weighted by atomic mass is 9.90. The van der Waals surface area contributed by atoms with Crippen molar-refractivity contribution in [3.63, 3.8) is 0 Å². The summed E-state index contributed by atoms with van der Waals surface area (Å²) in [5.41, 5.74) is 11.5. The number of oxazole rings is 1. The molecule has 1 saturated heterocycles. The zero-order chi connectivity index (χ0) is 26.3. The van der Waals surface area contributed by atoms with E-state index in [1.54, 1.807) is 0 Å².